The standard InChI is InChI=1S/C22H21N5O3/c1-27(21(28)10-23)13-16-4-2-3-5-18(16)20-12-25-22(30-20)26-17-8-6-15(7-9-17)19-11-24-14-29-19/h2-9,11-12,14H,10,13,23H2,1H3,(H,25,26). The number of aromatic nitrogens is 2. The molecule has 1 amide bonds. The van der Waals surface area contributed by atoms with Gasteiger partial charge in [0.2, 0.25) is 5.91 Å². The van der Waals surface area contributed by atoms with Gasteiger partial charge < -0.3 is 24.8 Å². The molecule has 0 spiro atoms. The number of carbonyl (C=O) groups is 1. The minimum atomic E-state index is -0.126. The summed E-state index contributed by atoms with van der Waals surface area (Å²) >= 11 is 0. The number of nitrogens with zero attached hydrogens (tertiary/aromatic N) is 3. The largest absolute Gasteiger partial charge is 0.444 e. The molecule has 0 saturated heterocycles. The molecule has 0 atom stereocenters. The van der Waals surface area contributed by atoms with E-state index in [1.807, 2.05) is 48.5 Å². The Morgan fingerprint density at radius 1 is 1.10 bits per heavy atom. The molecule has 8 nitrogen and oxygen atoms in total. The fraction of sp³-hybridized carbons (Fsp3) is 0.136. The summed E-state index contributed by atoms with van der Waals surface area (Å²) in [6, 6.07) is 15.8. The van der Waals surface area contributed by atoms with Gasteiger partial charge in [-0.05, 0) is 29.8 Å². The van der Waals surface area contributed by atoms with E-state index in [9.17, 15) is 4.79 Å². The van der Waals surface area contributed by atoms with E-state index in [1.165, 1.54) is 6.39 Å². The summed E-state index contributed by atoms with van der Waals surface area (Å²) < 4.78 is 11.2. The number of nitrogens with two attached hydrogens (primary N) is 1. The molecule has 152 valence electrons. The highest BCUT2D eigenvalue weighted by atomic mass is 16.4. The predicted molar refractivity (Wildman–Crippen MR) is 113 cm³/mol. The maximum atomic E-state index is 11.8. The zero-order valence-corrected chi connectivity index (χ0v) is 16.4. The van der Waals surface area contributed by atoms with E-state index < -0.39 is 0 Å². The Bertz CT molecular complexity index is 1120. The highest BCUT2D eigenvalue weighted by Gasteiger charge is 2.14. The van der Waals surface area contributed by atoms with E-state index in [4.69, 9.17) is 14.6 Å². The van der Waals surface area contributed by atoms with Crippen molar-refractivity contribution >= 4 is 17.6 Å². The van der Waals surface area contributed by atoms with Crippen molar-refractivity contribution in [3.63, 3.8) is 0 Å². The first-order chi connectivity index (χ1) is 14.6. The third-order valence-electron chi connectivity index (χ3n) is 4.65. The minimum absolute atomic E-state index is 0.0235. The Morgan fingerprint density at radius 3 is 2.63 bits per heavy atom. The predicted octanol–water partition coefficient (Wildman–Crippen LogP) is 3.66. The summed E-state index contributed by atoms with van der Waals surface area (Å²) in [4.78, 5) is 21.7. The lowest BCUT2D eigenvalue weighted by molar-refractivity contribution is -0.128. The molecule has 0 bridgehead atoms. The van der Waals surface area contributed by atoms with Gasteiger partial charge in [-0.2, -0.15) is 0 Å². The van der Waals surface area contributed by atoms with Gasteiger partial charge in [0.15, 0.2) is 17.9 Å². The van der Waals surface area contributed by atoms with Crippen LogP contribution in [0.4, 0.5) is 11.7 Å². The third kappa shape index (κ3) is 4.23. The number of carbonyl (C=O) groups excluding carboxylic acids is 1. The molecule has 0 fully saturated rings. The maximum absolute atomic E-state index is 11.8. The van der Waals surface area contributed by atoms with E-state index >= 15 is 0 Å². The SMILES string of the molecule is CN(Cc1ccccc1-c1cnc(Nc2ccc(-c3cnco3)cc2)o1)C(=O)CN. The quantitative estimate of drug-likeness (QED) is 0.484. The first kappa shape index (κ1) is 19.4. The molecular formula is C22H21N5O3. The van der Waals surface area contributed by atoms with Crippen LogP contribution in [0.15, 0.2) is 76.2 Å². The van der Waals surface area contributed by atoms with Crippen molar-refractivity contribution in [1.29, 1.82) is 0 Å². The minimum Gasteiger partial charge on any atom is -0.444 e. The lowest BCUT2D eigenvalue weighted by atomic mass is 10.1. The molecule has 0 unspecified atom stereocenters. The molecule has 0 saturated carbocycles. The van der Waals surface area contributed by atoms with Crippen LogP contribution in [-0.4, -0.2) is 34.4 Å². The Morgan fingerprint density at radius 2 is 1.90 bits per heavy atom. The molecule has 0 aliphatic heterocycles. The molecule has 4 aromatic rings. The summed E-state index contributed by atoms with van der Waals surface area (Å²) in [6.45, 7) is 0.406. The molecular weight excluding hydrogens is 382 g/mol. The Balaban J connectivity index is 1.50. The Hall–Kier alpha value is -3.91. The molecule has 3 N–H and O–H groups in total. The lowest BCUT2D eigenvalue weighted by Crippen LogP contribution is -2.32. The molecule has 2 aromatic heterocycles. The van der Waals surface area contributed by atoms with Crippen LogP contribution < -0.4 is 11.1 Å². The van der Waals surface area contributed by atoms with Gasteiger partial charge in [0, 0.05) is 30.4 Å². The molecule has 30 heavy (non-hydrogen) atoms. The van der Waals surface area contributed by atoms with Gasteiger partial charge in [0.1, 0.15) is 0 Å². The monoisotopic (exact) mass is 403 g/mol. The van der Waals surface area contributed by atoms with E-state index in [0.29, 0.717) is 24.1 Å². The fourth-order valence-corrected chi connectivity index (χ4v) is 3.05. The normalized spacial score (nSPS) is 10.7. The maximum Gasteiger partial charge on any atom is 0.299 e. The third-order valence-corrected chi connectivity index (χ3v) is 4.65. The topological polar surface area (TPSA) is 110 Å². The Kier molecular flexibility index (Phi) is 5.58. The van der Waals surface area contributed by atoms with Gasteiger partial charge in [-0.15, -0.1) is 0 Å². The van der Waals surface area contributed by atoms with Gasteiger partial charge in [-0.1, -0.05) is 24.3 Å². The second kappa shape index (κ2) is 8.62. The van der Waals surface area contributed by atoms with Crippen molar-refractivity contribution in [1.82, 2.24) is 14.9 Å². The van der Waals surface area contributed by atoms with Crippen LogP contribution in [0.5, 0.6) is 0 Å². The molecule has 0 radical (unpaired) electrons. The number of oxazole rings is 2. The van der Waals surface area contributed by atoms with Crippen LogP contribution >= 0.6 is 0 Å². The van der Waals surface area contributed by atoms with Crippen molar-refractivity contribution in [2.75, 3.05) is 18.9 Å². The first-order valence-corrected chi connectivity index (χ1v) is 9.38. The molecule has 4 rings (SSSR count). The number of hydrogen-bond donors (Lipinski definition) is 2. The molecule has 2 aromatic carbocycles. The van der Waals surface area contributed by atoms with Crippen molar-refractivity contribution in [3.8, 4) is 22.6 Å². The second-order valence-electron chi connectivity index (χ2n) is 6.71. The van der Waals surface area contributed by atoms with Gasteiger partial charge in [-0.3, -0.25) is 4.79 Å². The number of rotatable bonds is 7. The fourth-order valence-electron chi connectivity index (χ4n) is 3.05. The molecule has 0 aliphatic carbocycles. The average Bonchev–Trinajstić information content (AvgIpc) is 3.46. The van der Waals surface area contributed by atoms with E-state index in [0.717, 1.165) is 22.4 Å². The summed E-state index contributed by atoms with van der Waals surface area (Å²) in [5.74, 6) is 1.19. The number of anilines is 2. The summed E-state index contributed by atoms with van der Waals surface area (Å²) in [5, 5.41) is 3.15. The number of benzene rings is 2. The number of nitrogens with one attached hydrogen (secondary N) is 1. The summed E-state index contributed by atoms with van der Waals surface area (Å²) in [6.07, 6.45) is 4.73. The number of hydrogen-bond acceptors (Lipinski definition) is 7. The van der Waals surface area contributed by atoms with Gasteiger partial charge in [-0.25, -0.2) is 9.97 Å². The van der Waals surface area contributed by atoms with E-state index in [-0.39, 0.29) is 12.5 Å². The molecule has 8 heteroatoms. The highest BCUT2D eigenvalue weighted by molar-refractivity contribution is 5.78. The van der Waals surface area contributed by atoms with Crippen molar-refractivity contribution < 1.29 is 13.6 Å². The average molecular weight is 403 g/mol. The van der Waals surface area contributed by atoms with Gasteiger partial charge >= 0.3 is 0 Å². The first-order valence-electron chi connectivity index (χ1n) is 9.38. The zero-order valence-electron chi connectivity index (χ0n) is 16.4. The second-order valence-corrected chi connectivity index (χ2v) is 6.71. The van der Waals surface area contributed by atoms with Gasteiger partial charge in [0.25, 0.3) is 6.01 Å². The van der Waals surface area contributed by atoms with Crippen LogP contribution in [0.1, 0.15) is 5.56 Å². The summed E-state index contributed by atoms with van der Waals surface area (Å²) in [7, 11) is 1.72. The van der Waals surface area contributed by atoms with Crippen LogP contribution in [0, 0.1) is 0 Å². The van der Waals surface area contributed by atoms with Crippen molar-refractivity contribution in [2.24, 2.45) is 5.73 Å². The smallest absolute Gasteiger partial charge is 0.299 e. The molecule has 0 aliphatic rings. The zero-order chi connectivity index (χ0) is 20.9. The van der Waals surface area contributed by atoms with Crippen LogP contribution in [0.2, 0.25) is 0 Å². The summed E-state index contributed by atoms with van der Waals surface area (Å²) in [5.41, 5.74) is 9.02. The Labute approximate surface area is 173 Å². The highest BCUT2D eigenvalue weighted by Crippen LogP contribution is 2.29. The van der Waals surface area contributed by atoms with E-state index in [2.05, 4.69) is 15.3 Å². The van der Waals surface area contributed by atoms with E-state index in [1.54, 1.807) is 24.3 Å². The van der Waals surface area contributed by atoms with Crippen LogP contribution in [0.3, 0.4) is 0 Å². The lowest BCUT2D eigenvalue weighted by Gasteiger charge is -2.17. The van der Waals surface area contributed by atoms with Crippen LogP contribution in [-0.2, 0) is 11.3 Å². The van der Waals surface area contributed by atoms with Crippen LogP contribution in [0.25, 0.3) is 22.6 Å². The number of amides is 1. The van der Waals surface area contributed by atoms with Crippen molar-refractivity contribution in [3.05, 3.63) is 72.9 Å². The van der Waals surface area contributed by atoms with Gasteiger partial charge in [0.05, 0.1) is 18.9 Å². The number of likely N-dealkylation sites (N-methyl/N-ethyl adjacent to an activating group) is 1. The molecule has 2 heterocycles. The van der Waals surface area contributed by atoms with Crippen molar-refractivity contribution in [2.45, 2.75) is 6.54 Å².